The van der Waals surface area contributed by atoms with Gasteiger partial charge in [0, 0.05) is 38.9 Å². The van der Waals surface area contributed by atoms with Crippen LogP contribution >= 0.6 is 0 Å². The molecule has 2 atom stereocenters. The molecule has 0 amide bonds. The van der Waals surface area contributed by atoms with Gasteiger partial charge < -0.3 is 9.30 Å². The van der Waals surface area contributed by atoms with Crippen LogP contribution in [0.5, 0.6) is 0 Å². The number of nitriles is 1. The Morgan fingerprint density at radius 1 is 1.17 bits per heavy atom. The molecule has 4 rings (SSSR count). The molecule has 5 heteroatoms. The Morgan fingerprint density at radius 2 is 2.00 bits per heavy atom. The molecular weight excluding hydrogens is 372 g/mol. The number of imidazole rings is 1. The summed E-state index contributed by atoms with van der Waals surface area (Å²) in [4.78, 5) is 6.85. The van der Waals surface area contributed by atoms with Gasteiger partial charge in [0.15, 0.2) is 0 Å². The molecule has 3 aromatic rings. The van der Waals surface area contributed by atoms with Crippen LogP contribution in [0.3, 0.4) is 0 Å². The number of ether oxygens (including phenoxy) is 1. The smallest absolute Gasteiger partial charge is 0.0991 e. The van der Waals surface area contributed by atoms with Gasteiger partial charge in [-0.3, -0.25) is 4.90 Å². The van der Waals surface area contributed by atoms with Crippen LogP contribution in [0.2, 0.25) is 0 Å². The standard InChI is InChI=1S/C25H28N4O/c1-19-4-3-5-22(12-19)24-10-11-28(17-25(24)30-2)16-23-14-27-18-29(23)15-21-8-6-20(13-26)7-9-21/h3-9,12,14,18,24-25H,10-11,15-17H2,1-2H3/t24-,25+/m1/s1. The molecule has 154 valence electrons. The first-order valence-corrected chi connectivity index (χ1v) is 10.5. The van der Waals surface area contributed by atoms with Gasteiger partial charge in [0.1, 0.15) is 0 Å². The Labute approximate surface area is 178 Å². The van der Waals surface area contributed by atoms with Crippen molar-refractivity contribution in [3.63, 3.8) is 0 Å². The maximum atomic E-state index is 8.98. The van der Waals surface area contributed by atoms with Gasteiger partial charge in [0.05, 0.1) is 29.8 Å². The largest absolute Gasteiger partial charge is 0.379 e. The van der Waals surface area contributed by atoms with Gasteiger partial charge in [-0.05, 0) is 43.1 Å². The Balaban J connectivity index is 1.42. The van der Waals surface area contributed by atoms with Crippen LogP contribution in [0.1, 0.15) is 40.3 Å². The zero-order chi connectivity index (χ0) is 20.9. The van der Waals surface area contributed by atoms with Crippen LogP contribution in [0.25, 0.3) is 0 Å². The summed E-state index contributed by atoms with van der Waals surface area (Å²) in [6, 6.07) is 18.7. The monoisotopic (exact) mass is 400 g/mol. The lowest BCUT2D eigenvalue weighted by Crippen LogP contribution is -2.43. The van der Waals surface area contributed by atoms with Crippen LogP contribution in [0, 0.1) is 18.3 Å². The lowest BCUT2D eigenvalue weighted by Gasteiger charge is -2.38. The van der Waals surface area contributed by atoms with Gasteiger partial charge in [-0.15, -0.1) is 0 Å². The Kier molecular flexibility index (Phi) is 6.27. The van der Waals surface area contributed by atoms with E-state index in [-0.39, 0.29) is 6.10 Å². The van der Waals surface area contributed by atoms with Gasteiger partial charge in [0.2, 0.25) is 0 Å². The van der Waals surface area contributed by atoms with E-state index >= 15 is 0 Å². The molecule has 2 aromatic carbocycles. The number of aryl methyl sites for hydroxylation is 1. The van der Waals surface area contributed by atoms with Crippen molar-refractivity contribution in [2.75, 3.05) is 20.2 Å². The minimum atomic E-state index is 0.190. The number of aromatic nitrogens is 2. The maximum absolute atomic E-state index is 8.98. The van der Waals surface area contributed by atoms with Gasteiger partial charge in [0.25, 0.3) is 0 Å². The highest BCUT2D eigenvalue weighted by Gasteiger charge is 2.30. The van der Waals surface area contributed by atoms with Crippen molar-refractivity contribution in [3.05, 3.63) is 89.0 Å². The summed E-state index contributed by atoms with van der Waals surface area (Å²) in [5.41, 5.74) is 5.74. The topological polar surface area (TPSA) is 54.1 Å². The summed E-state index contributed by atoms with van der Waals surface area (Å²) in [7, 11) is 1.83. The van der Waals surface area contributed by atoms with E-state index in [0.29, 0.717) is 11.5 Å². The lowest BCUT2D eigenvalue weighted by atomic mass is 9.86. The van der Waals surface area contributed by atoms with Crippen molar-refractivity contribution < 1.29 is 4.74 Å². The third-order valence-electron chi connectivity index (χ3n) is 6.04. The van der Waals surface area contributed by atoms with Crippen LogP contribution in [-0.4, -0.2) is 40.8 Å². The van der Waals surface area contributed by atoms with Crippen molar-refractivity contribution in [2.24, 2.45) is 0 Å². The van der Waals surface area contributed by atoms with Gasteiger partial charge in [-0.25, -0.2) is 4.98 Å². The summed E-state index contributed by atoms with van der Waals surface area (Å²) >= 11 is 0. The molecule has 1 aliphatic heterocycles. The van der Waals surface area contributed by atoms with E-state index in [2.05, 4.69) is 51.7 Å². The molecule has 0 N–H and O–H groups in total. The fourth-order valence-corrected chi connectivity index (χ4v) is 4.38. The number of methoxy groups -OCH3 is 1. The first kappa shape index (κ1) is 20.3. The Bertz CT molecular complexity index is 1020. The molecule has 1 aliphatic rings. The molecule has 0 unspecified atom stereocenters. The van der Waals surface area contributed by atoms with Crippen molar-refractivity contribution in [1.82, 2.24) is 14.5 Å². The molecule has 0 aliphatic carbocycles. The lowest BCUT2D eigenvalue weighted by molar-refractivity contribution is 0.0111. The molecule has 0 spiro atoms. The highest BCUT2D eigenvalue weighted by molar-refractivity contribution is 5.32. The van der Waals surface area contributed by atoms with E-state index in [0.717, 1.165) is 32.6 Å². The fraction of sp³-hybridized carbons (Fsp3) is 0.360. The second-order valence-electron chi connectivity index (χ2n) is 8.14. The third kappa shape index (κ3) is 4.62. The summed E-state index contributed by atoms with van der Waals surface area (Å²) in [6.45, 7) is 5.72. The number of benzene rings is 2. The minimum absolute atomic E-state index is 0.190. The zero-order valence-corrected chi connectivity index (χ0v) is 17.7. The molecule has 2 heterocycles. The molecule has 0 radical (unpaired) electrons. The predicted octanol–water partition coefficient (Wildman–Crippen LogP) is 4.12. The van der Waals surface area contributed by atoms with E-state index < -0.39 is 0 Å². The molecule has 5 nitrogen and oxygen atoms in total. The van der Waals surface area contributed by atoms with Gasteiger partial charge >= 0.3 is 0 Å². The van der Waals surface area contributed by atoms with E-state index in [9.17, 15) is 0 Å². The van der Waals surface area contributed by atoms with Gasteiger partial charge in [-0.1, -0.05) is 42.0 Å². The fourth-order valence-electron chi connectivity index (χ4n) is 4.38. The SMILES string of the molecule is CO[C@H]1CN(Cc2cncn2Cc2ccc(C#N)cc2)CC[C@@H]1c1cccc(C)c1. The summed E-state index contributed by atoms with van der Waals surface area (Å²) in [5, 5.41) is 8.98. The van der Waals surface area contributed by atoms with E-state index in [1.807, 2.05) is 43.9 Å². The van der Waals surface area contributed by atoms with Crippen molar-refractivity contribution in [3.8, 4) is 6.07 Å². The highest BCUT2D eigenvalue weighted by atomic mass is 16.5. The summed E-state index contributed by atoms with van der Waals surface area (Å²) in [6.07, 6.45) is 5.13. The van der Waals surface area contributed by atoms with Crippen molar-refractivity contribution in [1.29, 1.82) is 5.26 Å². The second-order valence-corrected chi connectivity index (χ2v) is 8.14. The Hall–Kier alpha value is -2.94. The highest BCUT2D eigenvalue weighted by Crippen LogP contribution is 2.31. The maximum Gasteiger partial charge on any atom is 0.0991 e. The van der Waals surface area contributed by atoms with Crippen LogP contribution < -0.4 is 0 Å². The molecule has 0 bridgehead atoms. The Morgan fingerprint density at radius 3 is 2.73 bits per heavy atom. The molecule has 30 heavy (non-hydrogen) atoms. The van der Waals surface area contributed by atoms with E-state index in [4.69, 9.17) is 10.00 Å². The number of piperidine rings is 1. The predicted molar refractivity (Wildman–Crippen MR) is 117 cm³/mol. The number of likely N-dealkylation sites (tertiary alicyclic amines) is 1. The average molecular weight is 401 g/mol. The van der Waals surface area contributed by atoms with Crippen LogP contribution in [0.4, 0.5) is 0 Å². The quantitative estimate of drug-likeness (QED) is 0.625. The molecular formula is C25H28N4O. The van der Waals surface area contributed by atoms with Crippen LogP contribution in [-0.2, 0) is 17.8 Å². The first-order chi connectivity index (χ1) is 14.7. The zero-order valence-electron chi connectivity index (χ0n) is 17.7. The normalized spacial score (nSPS) is 19.5. The number of hydrogen-bond donors (Lipinski definition) is 0. The van der Waals surface area contributed by atoms with E-state index in [1.165, 1.54) is 22.4 Å². The third-order valence-corrected chi connectivity index (χ3v) is 6.04. The van der Waals surface area contributed by atoms with Crippen molar-refractivity contribution >= 4 is 0 Å². The molecule has 1 fully saturated rings. The average Bonchev–Trinajstić information content (AvgIpc) is 3.20. The van der Waals surface area contributed by atoms with Crippen molar-refractivity contribution in [2.45, 2.75) is 38.5 Å². The van der Waals surface area contributed by atoms with Gasteiger partial charge in [-0.2, -0.15) is 5.26 Å². The number of rotatable bonds is 6. The van der Waals surface area contributed by atoms with E-state index in [1.54, 1.807) is 0 Å². The first-order valence-electron chi connectivity index (χ1n) is 10.5. The summed E-state index contributed by atoms with van der Waals surface area (Å²) in [5.74, 6) is 0.440. The second kappa shape index (κ2) is 9.25. The minimum Gasteiger partial charge on any atom is -0.379 e. The molecule has 1 aromatic heterocycles. The number of hydrogen-bond acceptors (Lipinski definition) is 4. The molecule has 1 saturated heterocycles. The number of nitrogens with zero attached hydrogens (tertiary/aromatic N) is 4. The summed E-state index contributed by atoms with van der Waals surface area (Å²) < 4.78 is 8.10. The van der Waals surface area contributed by atoms with Crippen LogP contribution in [0.15, 0.2) is 61.1 Å². The molecule has 0 saturated carbocycles.